The molecule has 1 N–H and O–H groups in total. The number of carbonyl (C=O) groups excluding carboxylic acids is 1. The zero-order valence-electron chi connectivity index (χ0n) is 12.8. The van der Waals surface area contributed by atoms with Gasteiger partial charge in [-0.25, -0.2) is 4.39 Å². The number of nitrogens with zero attached hydrogens (tertiary/aromatic N) is 2. The molecule has 5 nitrogen and oxygen atoms in total. The molecular weight excluding hydrogens is 329 g/mol. The van der Waals surface area contributed by atoms with Crippen LogP contribution in [-0.4, -0.2) is 21.9 Å². The SMILES string of the molecule is Cc1ccccc1-c1nnc(SCC(=O)Nc2ccc(F)cc2)o1. The van der Waals surface area contributed by atoms with Crippen molar-refractivity contribution in [2.45, 2.75) is 12.1 Å². The lowest BCUT2D eigenvalue weighted by atomic mass is 10.1. The van der Waals surface area contributed by atoms with Crippen LogP contribution in [0.15, 0.2) is 58.2 Å². The number of anilines is 1. The summed E-state index contributed by atoms with van der Waals surface area (Å²) in [5.41, 5.74) is 2.44. The van der Waals surface area contributed by atoms with Crippen molar-refractivity contribution in [3.63, 3.8) is 0 Å². The summed E-state index contributed by atoms with van der Waals surface area (Å²) in [6, 6.07) is 13.3. The molecule has 0 spiro atoms. The zero-order valence-corrected chi connectivity index (χ0v) is 13.6. The summed E-state index contributed by atoms with van der Waals surface area (Å²) in [5.74, 6) is -0.0407. The van der Waals surface area contributed by atoms with E-state index in [0.717, 1.165) is 22.9 Å². The second kappa shape index (κ2) is 7.27. The maximum absolute atomic E-state index is 12.8. The number of amides is 1. The van der Waals surface area contributed by atoms with Crippen LogP contribution in [0, 0.1) is 12.7 Å². The Morgan fingerprint density at radius 3 is 2.67 bits per heavy atom. The molecule has 1 amide bonds. The molecule has 0 aliphatic carbocycles. The molecule has 122 valence electrons. The molecule has 3 aromatic rings. The quantitative estimate of drug-likeness (QED) is 0.711. The van der Waals surface area contributed by atoms with Gasteiger partial charge in [-0.05, 0) is 42.8 Å². The third-order valence-electron chi connectivity index (χ3n) is 3.24. The van der Waals surface area contributed by atoms with E-state index < -0.39 is 0 Å². The molecule has 0 saturated carbocycles. The number of hydrogen-bond donors (Lipinski definition) is 1. The number of benzene rings is 2. The van der Waals surface area contributed by atoms with Gasteiger partial charge in [0.05, 0.1) is 5.75 Å². The molecule has 0 atom stereocenters. The van der Waals surface area contributed by atoms with Crippen LogP contribution in [0.4, 0.5) is 10.1 Å². The van der Waals surface area contributed by atoms with Crippen molar-refractivity contribution in [2.24, 2.45) is 0 Å². The molecule has 1 aromatic heterocycles. The van der Waals surface area contributed by atoms with Crippen LogP contribution in [0.2, 0.25) is 0 Å². The number of aromatic nitrogens is 2. The summed E-state index contributed by atoms with van der Waals surface area (Å²) in [7, 11) is 0. The fraction of sp³-hybridized carbons (Fsp3) is 0.118. The van der Waals surface area contributed by atoms with Gasteiger partial charge in [-0.1, -0.05) is 30.0 Å². The van der Waals surface area contributed by atoms with Gasteiger partial charge < -0.3 is 9.73 Å². The lowest BCUT2D eigenvalue weighted by Crippen LogP contribution is -2.13. The Balaban J connectivity index is 1.58. The monoisotopic (exact) mass is 343 g/mol. The van der Waals surface area contributed by atoms with Crippen LogP contribution < -0.4 is 5.32 Å². The van der Waals surface area contributed by atoms with Crippen LogP contribution in [0.25, 0.3) is 11.5 Å². The normalized spacial score (nSPS) is 10.6. The molecule has 0 bridgehead atoms. The zero-order chi connectivity index (χ0) is 16.9. The van der Waals surface area contributed by atoms with Crippen molar-refractivity contribution < 1.29 is 13.6 Å². The van der Waals surface area contributed by atoms with Gasteiger partial charge in [0, 0.05) is 11.3 Å². The van der Waals surface area contributed by atoms with Crippen molar-refractivity contribution in [3.05, 3.63) is 59.9 Å². The van der Waals surface area contributed by atoms with Gasteiger partial charge in [0.15, 0.2) is 0 Å². The fourth-order valence-corrected chi connectivity index (χ4v) is 2.61. The average Bonchev–Trinajstić information content (AvgIpc) is 3.04. The molecule has 0 aliphatic rings. The summed E-state index contributed by atoms with van der Waals surface area (Å²) in [6.45, 7) is 1.96. The molecule has 1 heterocycles. The summed E-state index contributed by atoms with van der Waals surface area (Å²) in [6.07, 6.45) is 0. The van der Waals surface area contributed by atoms with Crippen LogP contribution in [0.3, 0.4) is 0 Å². The molecule has 0 radical (unpaired) electrons. The second-order valence-electron chi connectivity index (χ2n) is 5.03. The van der Waals surface area contributed by atoms with E-state index in [2.05, 4.69) is 15.5 Å². The molecule has 7 heteroatoms. The van der Waals surface area contributed by atoms with Crippen LogP contribution in [-0.2, 0) is 4.79 Å². The minimum atomic E-state index is -0.350. The topological polar surface area (TPSA) is 68.0 Å². The highest BCUT2D eigenvalue weighted by Crippen LogP contribution is 2.25. The first-order valence-electron chi connectivity index (χ1n) is 7.19. The largest absolute Gasteiger partial charge is 0.411 e. The van der Waals surface area contributed by atoms with Gasteiger partial charge in [-0.15, -0.1) is 10.2 Å². The van der Waals surface area contributed by atoms with Gasteiger partial charge in [-0.3, -0.25) is 4.79 Å². The van der Waals surface area contributed by atoms with Gasteiger partial charge in [0.2, 0.25) is 11.8 Å². The standard InChI is InChI=1S/C17H14FN3O2S/c1-11-4-2-3-5-14(11)16-20-21-17(23-16)24-10-15(22)19-13-8-6-12(18)7-9-13/h2-9H,10H2,1H3,(H,19,22). The van der Waals surface area contributed by atoms with E-state index in [9.17, 15) is 9.18 Å². The first kappa shape index (κ1) is 16.2. The number of carbonyl (C=O) groups is 1. The second-order valence-corrected chi connectivity index (χ2v) is 5.96. The number of halogens is 1. The molecule has 0 unspecified atom stereocenters. The summed E-state index contributed by atoms with van der Waals surface area (Å²) < 4.78 is 18.4. The van der Waals surface area contributed by atoms with Gasteiger partial charge >= 0.3 is 0 Å². The molecular formula is C17H14FN3O2S. The summed E-state index contributed by atoms with van der Waals surface area (Å²) in [4.78, 5) is 11.9. The molecule has 0 fully saturated rings. The third kappa shape index (κ3) is 3.99. The van der Waals surface area contributed by atoms with Gasteiger partial charge in [0.25, 0.3) is 5.22 Å². The Hall–Kier alpha value is -2.67. The minimum absolute atomic E-state index is 0.118. The Kier molecular flexibility index (Phi) is 4.90. The smallest absolute Gasteiger partial charge is 0.277 e. The van der Waals surface area contributed by atoms with Crippen molar-refractivity contribution in [1.29, 1.82) is 0 Å². The maximum Gasteiger partial charge on any atom is 0.277 e. The molecule has 0 saturated heterocycles. The van der Waals surface area contributed by atoms with Crippen molar-refractivity contribution >= 4 is 23.4 Å². The Morgan fingerprint density at radius 2 is 1.92 bits per heavy atom. The maximum atomic E-state index is 12.8. The van der Waals surface area contributed by atoms with Gasteiger partial charge in [-0.2, -0.15) is 0 Å². The summed E-state index contributed by atoms with van der Waals surface area (Å²) in [5, 5.41) is 10.9. The highest BCUT2D eigenvalue weighted by atomic mass is 32.2. The molecule has 0 aliphatic heterocycles. The van der Waals surface area contributed by atoms with Crippen LogP contribution >= 0.6 is 11.8 Å². The minimum Gasteiger partial charge on any atom is -0.411 e. The first-order valence-corrected chi connectivity index (χ1v) is 8.18. The lowest BCUT2D eigenvalue weighted by Gasteiger charge is -2.03. The van der Waals surface area contributed by atoms with Crippen molar-refractivity contribution in [3.8, 4) is 11.5 Å². The number of nitrogens with one attached hydrogen (secondary N) is 1. The van der Waals surface area contributed by atoms with Gasteiger partial charge in [0.1, 0.15) is 5.82 Å². The molecule has 2 aromatic carbocycles. The van der Waals surface area contributed by atoms with Crippen LogP contribution in [0.5, 0.6) is 0 Å². The predicted octanol–water partition coefficient (Wildman–Crippen LogP) is 3.91. The van der Waals surface area contributed by atoms with E-state index in [1.807, 2.05) is 31.2 Å². The van der Waals surface area contributed by atoms with E-state index in [4.69, 9.17) is 4.42 Å². The fourth-order valence-electron chi connectivity index (χ4n) is 2.05. The predicted molar refractivity (Wildman–Crippen MR) is 90.2 cm³/mol. The number of aryl methyl sites for hydroxylation is 1. The van der Waals surface area contributed by atoms with E-state index >= 15 is 0 Å². The van der Waals surface area contributed by atoms with Crippen LogP contribution in [0.1, 0.15) is 5.56 Å². The Morgan fingerprint density at radius 1 is 1.17 bits per heavy atom. The number of thioether (sulfide) groups is 1. The van der Waals surface area contributed by atoms with E-state index in [-0.39, 0.29) is 17.5 Å². The van der Waals surface area contributed by atoms with E-state index in [1.54, 1.807) is 0 Å². The lowest BCUT2D eigenvalue weighted by molar-refractivity contribution is -0.113. The van der Waals surface area contributed by atoms with Crippen molar-refractivity contribution in [1.82, 2.24) is 10.2 Å². The number of hydrogen-bond acceptors (Lipinski definition) is 5. The van der Waals surface area contributed by atoms with E-state index in [1.165, 1.54) is 24.3 Å². The highest BCUT2D eigenvalue weighted by molar-refractivity contribution is 7.99. The number of rotatable bonds is 5. The molecule has 3 rings (SSSR count). The highest BCUT2D eigenvalue weighted by Gasteiger charge is 2.12. The van der Waals surface area contributed by atoms with Crippen molar-refractivity contribution in [2.75, 3.05) is 11.1 Å². The molecule has 24 heavy (non-hydrogen) atoms. The third-order valence-corrected chi connectivity index (χ3v) is 4.06. The first-order chi connectivity index (χ1) is 11.6. The Labute approximate surface area is 142 Å². The average molecular weight is 343 g/mol. The van der Waals surface area contributed by atoms with E-state index in [0.29, 0.717) is 16.8 Å². The summed E-state index contributed by atoms with van der Waals surface area (Å²) >= 11 is 1.15. The Bertz CT molecular complexity index is 849.